The number of thioether (sulfide) groups is 1. The fourth-order valence-electron chi connectivity index (χ4n) is 1.65. The second-order valence-electron chi connectivity index (χ2n) is 4.30. The number of nitrogens with one attached hydrogen (secondary N) is 1. The largest absolute Gasteiger partial charge is 0.396 e. The van der Waals surface area contributed by atoms with E-state index in [-0.39, 0.29) is 6.61 Å². The van der Waals surface area contributed by atoms with Crippen LogP contribution in [-0.4, -0.2) is 30.1 Å². The van der Waals surface area contributed by atoms with Gasteiger partial charge >= 0.3 is 0 Å². The summed E-state index contributed by atoms with van der Waals surface area (Å²) in [5, 5.41) is 13.3. The molecule has 0 bridgehead atoms. The van der Waals surface area contributed by atoms with Gasteiger partial charge in [0.15, 0.2) is 0 Å². The Morgan fingerprint density at radius 2 is 2.06 bits per heavy atom. The molecule has 18 heavy (non-hydrogen) atoms. The molecular formula is C14H22ClNOS. The van der Waals surface area contributed by atoms with Gasteiger partial charge in [0.1, 0.15) is 0 Å². The van der Waals surface area contributed by atoms with Crippen molar-refractivity contribution in [1.29, 1.82) is 0 Å². The molecule has 0 aromatic heterocycles. The average molecular weight is 288 g/mol. The van der Waals surface area contributed by atoms with Crippen LogP contribution in [0.1, 0.15) is 25.3 Å². The van der Waals surface area contributed by atoms with Crippen LogP contribution in [0.4, 0.5) is 0 Å². The van der Waals surface area contributed by atoms with Crippen LogP contribution in [0.2, 0.25) is 5.02 Å². The van der Waals surface area contributed by atoms with Gasteiger partial charge in [-0.2, -0.15) is 11.8 Å². The fourth-order valence-corrected chi connectivity index (χ4v) is 2.89. The smallest absolute Gasteiger partial charge is 0.0446 e. The maximum Gasteiger partial charge on any atom is 0.0446 e. The maximum atomic E-state index is 9.02. The Morgan fingerprint density at radius 3 is 2.67 bits per heavy atom. The van der Waals surface area contributed by atoms with E-state index in [9.17, 15) is 0 Å². The quantitative estimate of drug-likeness (QED) is 0.731. The minimum atomic E-state index is 0.253. The number of hydrogen-bond donors (Lipinski definition) is 2. The zero-order valence-electron chi connectivity index (χ0n) is 10.9. The Bertz CT molecular complexity index is 318. The third-order valence-electron chi connectivity index (χ3n) is 2.66. The molecular weight excluding hydrogens is 266 g/mol. The van der Waals surface area contributed by atoms with Crippen molar-refractivity contribution in [2.45, 2.75) is 31.6 Å². The second-order valence-corrected chi connectivity index (χ2v) is 5.77. The van der Waals surface area contributed by atoms with Crippen molar-refractivity contribution in [3.8, 4) is 0 Å². The summed E-state index contributed by atoms with van der Waals surface area (Å²) < 4.78 is 0. The number of hydrogen-bond acceptors (Lipinski definition) is 3. The zero-order chi connectivity index (χ0) is 13.2. The Labute approximate surface area is 119 Å². The summed E-state index contributed by atoms with van der Waals surface area (Å²) in [5.41, 5.74) is 1.29. The predicted molar refractivity (Wildman–Crippen MR) is 81.4 cm³/mol. The van der Waals surface area contributed by atoms with Gasteiger partial charge in [0.25, 0.3) is 0 Å². The van der Waals surface area contributed by atoms with Crippen LogP contribution in [0.25, 0.3) is 0 Å². The van der Waals surface area contributed by atoms with Crippen molar-refractivity contribution in [3.63, 3.8) is 0 Å². The van der Waals surface area contributed by atoms with E-state index in [0.29, 0.717) is 6.04 Å². The topological polar surface area (TPSA) is 32.3 Å². The average Bonchev–Trinajstić information content (AvgIpc) is 2.38. The van der Waals surface area contributed by atoms with Crippen molar-refractivity contribution in [2.75, 3.05) is 18.9 Å². The van der Waals surface area contributed by atoms with Crippen LogP contribution in [-0.2, 0) is 5.75 Å². The highest BCUT2D eigenvalue weighted by atomic mass is 35.5. The van der Waals surface area contributed by atoms with E-state index < -0.39 is 0 Å². The van der Waals surface area contributed by atoms with Gasteiger partial charge in [0.05, 0.1) is 0 Å². The van der Waals surface area contributed by atoms with Gasteiger partial charge in [-0.1, -0.05) is 30.7 Å². The molecule has 1 atom stereocenters. The minimum absolute atomic E-state index is 0.253. The number of aliphatic hydroxyl groups is 1. The van der Waals surface area contributed by atoms with E-state index in [2.05, 4.69) is 24.4 Å². The molecule has 2 N–H and O–H groups in total. The molecule has 0 aliphatic carbocycles. The van der Waals surface area contributed by atoms with Crippen LogP contribution in [0.15, 0.2) is 24.3 Å². The molecule has 1 aromatic carbocycles. The summed E-state index contributed by atoms with van der Waals surface area (Å²) in [7, 11) is 0. The number of benzene rings is 1. The van der Waals surface area contributed by atoms with Crippen LogP contribution in [0.3, 0.4) is 0 Å². The van der Waals surface area contributed by atoms with E-state index in [1.54, 1.807) is 0 Å². The molecule has 0 spiro atoms. The molecule has 0 saturated heterocycles. The van der Waals surface area contributed by atoms with E-state index in [1.165, 1.54) is 5.56 Å². The number of halogens is 1. The lowest BCUT2D eigenvalue weighted by Crippen LogP contribution is -2.32. The van der Waals surface area contributed by atoms with Gasteiger partial charge in [0, 0.05) is 29.2 Å². The third-order valence-corrected chi connectivity index (χ3v) is 4.09. The van der Waals surface area contributed by atoms with Gasteiger partial charge in [0.2, 0.25) is 0 Å². The van der Waals surface area contributed by atoms with E-state index >= 15 is 0 Å². The molecule has 0 aliphatic heterocycles. The highest BCUT2D eigenvalue weighted by molar-refractivity contribution is 7.98. The summed E-state index contributed by atoms with van der Waals surface area (Å²) in [4.78, 5) is 0. The van der Waals surface area contributed by atoms with E-state index in [1.807, 2.05) is 23.9 Å². The predicted octanol–water partition coefficient (Wildman–Crippen LogP) is 3.32. The molecule has 0 radical (unpaired) electrons. The zero-order valence-corrected chi connectivity index (χ0v) is 12.4. The van der Waals surface area contributed by atoms with E-state index in [4.69, 9.17) is 16.7 Å². The van der Waals surface area contributed by atoms with Crippen molar-refractivity contribution in [2.24, 2.45) is 0 Å². The molecule has 0 heterocycles. The monoisotopic (exact) mass is 287 g/mol. The van der Waals surface area contributed by atoms with Gasteiger partial charge in [-0.15, -0.1) is 0 Å². The van der Waals surface area contributed by atoms with Gasteiger partial charge < -0.3 is 10.4 Å². The molecule has 0 aliphatic rings. The van der Waals surface area contributed by atoms with Gasteiger partial charge in [-0.25, -0.2) is 0 Å². The molecule has 1 aromatic rings. The Hall–Kier alpha value is -0.220. The molecule has 2 nitrogen and oxygen atoms in total. The van der Waals surface area contributed by atoms with Gasteiger partial charge in [-0.3, -0.25) is 0 Å². The van der Waals surface area contributed by atoms with Gasteiger partial charge in [-0.05, 0) is 37.1 Å². The van der Waals surface area contributed by atoms with Crippen LogP contribution < -0.4 is 5.32 Å². The highest BCUT2D eigenvalue weighted by Crippen LogP contribution is 2.16. The summed E-state index contributed by atoms with van der Waals surface area (Å²) in [6.07, 6.45) is 1.96. The normalized spacial score (nSPS) is 12.6. The van der Waals surface area contributed by atoms with Crippen molar-refractivity contribution in [3.05, 3.63) is 34.9 Å². The molecule has 0 saturated carbocycles. The first-order chi connectivity index (χ1) is 8.76. The summed E-state index contributed by atoms with van der Waals surface area (Å²) in [6.45, 7) is 3.43. The highest BCUT2D eigenvalue weighted by Gasteiger charge is 2.06. The van der Waals surface area contributed by atoms with E-state index in [0.717, 1.165) is 35.9 Å². The van der Waals surface area contributed by atoms with Crippen molar-refractivity contribution in [1.82, 2.24) is 5.32 Å². The minimum Gasteiger partial charge on any atom is -0.396 e. The Balaban J connectivity index is 2.26. The molecule has 1 rings (SSSR count). The molecule has 0 fully saturated rings. The van der Waals surface area contributed by atoms with Crippen molar-refractivity contribution < 1.29 is 5.11 Å². The first-order valence-corrected chi connectivity index (χ1v) is 7.96. The fraction of sp³-hybridized carbons (Fsp3) is 0.571. The number of aliphatic hydroxyl groups excluding tert-OH is 1. The SMILES string of the molecule is CCCNC(CCO)CSCc1ccc(Cl)cc1. The first kappa shape index (κ1) is 15.8. The standard InChI is InChI=1S/C14H22ClNOS/c1-2-8-16-14(7-9-17)11-18-10-12-3-5-13(15)6-4-12/h3-6,14,16-17H,2,7-11H2,1H3. The summed E-state index contributed by atoms with van der Waals surface area (Å²) in [5.74, 6) is 2.02. The lowest BCUT2D eigenvalue weighted by Gasteiger charge is -2.16. The Kier molecular flexibility index (Phi) is 8.51. The third kappa shape index (κ3) is 6.64. The molecule has 0 amide bonds. The molecule has 102 valence electrons. The second kappa shape index (κ2) is 9.68. The van der Waals surface area contributed by atoms with Crippen molar-refractivity contribution >= 4 is 23.4 Å². The first-order valence-electron chi connectivity index (χ1n) is 6.42. The molecule has 4 heteroatoms. The maximum absolute atomic E-state index is 9.02. The lowest BCUT2D eigenvalue weighted by molar-refractivity contribution is 0.270. The van der Waals surface area contributed by atoms with Crippen LogP contribution >= 0.6 is 23.4 Å². The molecule has 1 unspecified atom stereocenters. The summed E-state index contributed by atoms with van der Waals surface area (Å²) in [6, 6.07) is 8.40. The lowest BCUT2D eigenvalue weighted by atomic mass is 10.2. The number of rotatable bonds is 9. The Morgan fingerprint density at radius 1 is 1.33 bits per heavy atom. The van der Waals surface area contributed by atoms with Crippen LogP contribution in [0, 0.1) is 0 Å². The van der Waals surface area contributed by atoms with Crippen LogP contribution in [0.5, 0.6) is 0 Å². The summed E-state index contributed by atoms with van der Waals surface area (Å²) >= 11 is 7.74.